The molecule has 0 radical (unpaired) electrons. The number of aliphatic hydroxyl groups is 1. The van der Waals surface area contributed by atoms with Crippen molar-refractivity contribution in [2.45, 2.75) is 59.8 Å². The van der Waals surface area contributed by atoms with Crippen molar-refractivity contribution in [3.8, 4) is 0 Å². The Labute approximate surface area is 189 Å². The molecule has 32 heavy (non-hydrogen) atoms. The van der Waals surface area contributed by atoms with Crippen molar-refractivity contribution in [1.29, 1.82) is 0 Å². The lowest BCUT2D eigenvalue weighted by molar-refractivity contribution is -0.132. The second-order valence-corrected chi connectivity index (χ2v) is 10.9. The summed E-state index contributed by atoms with van der Waals surface area (Å²) in [7, 11) is -4.59. The number of hydrogen-bond acceptors (Lipinski definition) is 7. The van der Waals surface area contributed by atoms with Gasteiger partial charge in [-0.15, -0.1) is 0 Å². The highest BCUT2D eigenvalue weighted by molar-refractivity contribution is 7.80. The summed E-state index contributed by atoms with van der Waals surface area (Å²) in [5.41, 5.74) is 1.27. The summed E-state index contributed by atoms with van der Waals surface area (Å²) in [4.78, 5) is 25.2. The number of nitrogens with one attached hydrogen (secondary N) is 1. The van der Waals surface area contributed by atoms with Gasteiger partial charge in [0.2, 0.25) is 11.6 Å². The summed E-state index contributed by atoms with van der Waals surface area (Å²) in [5.74, 6) is -1.10. The number of ketones is 2. The second kappa shape index (κ2) is 8.76. The molecule has 9 heteroatoms. The van der Waals surface area contributed by atoms with E-state index in [2.05, 4.69) is 43.3 Å². The van der Waals surface area contributed by atoms with Crippen molar-refractivity contribution < 1.29 is 31.8 Å². The lowest BCUT2D eigenvalue weighted by atomic mass is 9.46. The first kappa shape index (κ1) is 24.7. The van der Waals surface area contributed by atoms with E-state index in [4.69, 9.17) is 4.55 Å². The predicted molar refractivity (Wildman–Crippen MR) is 119 cm³/mol. The summed E-state index contributed by atoms with van der Waals surface area (Å²) in [5, 5.41) is 13.6. The van der Waals surface area contributed by atoms with E-state index in [-0.39, 0.29) is 34.4 Å². The van der Waals surface area contributed by atoms with Crippen LogP contribution < -0.4 is 5.32 Å². The first-order valence-electron chi connectivity index (χ1n) is 11.1. The van der Waals surface area contributed by atoms with Crippen LogP contribution in [-0.4, -0.2) is 42.8 Å². The summed E-state index contributed by atoms with van der Waals surface area (Å²) in [6, 6.07) is 0. The predicted octanol–water partition coefficient (Wildman–Crippen LogP) is 3.43. The third-order valence-electron chi connectivity index (χ3n) is 8.12. The molecule has 0 aliphatic heterocycles. The van der Waals surface area contributed by atoms with Crippen molar-refractivity contribution >= 4 is 22.0 Å². The molecular weight excluding hydrogens is 434 g/mol. The third-order valence-corrected chi connectivity index (χ3v) is 8.58. The number of carbonyl (C=O) groups excluding carboxylic acids is 2. The van der Waals surface area contributed by atoms with Gasteiger partial charge in [0, 0.05) is 18.2 Å². The second-order valence-electron chi connectivity index (χ2n) is 9.81. The topological polar surface area (TPSA) is 130 Å². The highest BCUT2D eigenvalue weighted by Gasteiger charge is 2.54. The Morgan fingerprint density at radius 2 is 1.94 bits per heavy atom. The Balaban J connectivity index is 1.87. The molecule has 0 aromatic heterocycles. The zero-order chi connectivity index (χ0) is 23.9. The molecule has 3 N–H and O–H groups in total. The van der Waals surface area contributed by atoms with Gasteiger partial charge >= 0.3 is 10.4 Å². The maximum Gasteiger partial charge on any atom is 0.397 e. The molecule has 0 amide bonds. The van der Waals surface area contributed by atoms with Crippen LogP contribution in [0.1, 0.15) is 59.8 Å². The van der Waals surface area contributed by atoms with Crippen molar-refractivity contribution in [2.75, 3.05) is 13.2 Å². The van der Waals surface area contributed by atoms with Gasteiger partial charge in [-0.2, -0.15) is 8.42 Å². The Kier molecular flexibility index (Phi) is 6.75. The third kappa shape index (κ3) is 4.56. The molecule has 0 aromatic carbocycles. The Morgan fingerprint density at radius 1 is 1.25 bits per heavy atom. The van der Waals surface area contributed by atoms with Gasteiger partial charge in [0.15, 0.2) is 0 Å². The molecule has 1 saturated carbocycles. The van der Waals surface area contributed by atoms with Crippen molar-refractivity contribution in [3.63, 3.8) is 0 Å². The maximum absolute atomic E-state index is 12.8. The van der Waals surface area contributed by atoms with E-state index >= 15 is 0 Å². The number of hydrogen-bond donors (Lipinski definition) is 3. The van der Waals surface area contributed by atoms with Gasteiger partial charge in [0.25, 0.3) is 0 Å². The fraction of sp³-hybridized carbons (Fsp3) is 0.652. The van der Waals surface area contributed by atoms with E-state index in [0.717, 1.165) is 31.8 Å². The number of aliphatic hydroxyl groups excluding tert-OH is 1. The average Bonchev–Trinajstić information content (AvgIpc) is 2.70. The van der Waals surface area contributed by atoms with E-state index in [1.165, 1.54) is 5.57 Å². The molecule has 0 heterocycles. The minimum Gasteiger partial charge on any atom is -0.505 e. The molecule has 3 aliphatic rings. The largest absolute Gasteiger partial charge is 0.505 e. The molecule has 3 aliphatic carbocycles. The van der Waals surface area contributed by atoms with Crippen molar-refractivity contribution in [1.82, 2.24) is 5.32 Å². The van der Waals surface area contributed by atoms with Gasteiger partial charge in [0.1, 0.15) is 5.76 Å². The molecular formula is C23H33NO7S. The minimum atomic E-state index is -4.59. The minimum absolute atomic E-state index is 0.0292. The van der Waals surface area contributed by atoms with Crippen LogP contribution in [-0.2, 0) is 24.2 Å². The summed E-state index contributed by atoms with van der Waals surface area (Å²) in [6.07, 6.45) is 7.66. The molecule has 4 atom stereocenters. The highest BCUT2D eigenvalue weighted by atomic mass is 32.3. The molecule has 8 nitrogen and oxygen atoms in total. The Bertz CT molecular complexity index is 1010. The van der Waals surface area contributed by atoms with E-state index in [9.17, 15) is 23.1 Å². The number of fused-ring (bicyclic) bond motifs is 1. The standard InChI is InChI=1S/C23H33NO7S/c1-14-6-5-7-19-22(14,3)9-8-15(2)23(19,4)13-16-20(26)17(12-18(25)21(16)27)24-10-11-31-32(28,29)30/h6,12,15,19,24,26H,5,7-11,13H2,1-4H3,(H,28,29,30)/t15-,19+,22+,23+/m0/s1. The van der Waals surface area contributed by atoms with Crippen LogP contribution in [0.5, 0.6) is 0 Å². The first-order chi connectivity index (χ1) is 14.8. The molecule has 3 rings (SSSR count). The van der Waals surface area contributed by atoms with Gasteiger partial charge in [-0.05, 0) is 61.7 Å². The fourth-order valence-electron chi connectivity index (χ4n) is 5.91. The van der Waals surface area contributed by atoms with Gasteiger partial charge in [-0.3, -0.25) is 14.1 Å². The number of rotatable bonds is 7. The lowest BCUT2D eigenvalue weighted by Crippen LogP contribution is -2.50. The summed E-state index contributed by atoms with van der Waals surface area (Å²) >= 11 is 0. The van der Waals surface area contributed by atoms with Crippen LogP contribution in [0.4, 0.5) is 0 Å². The first-order valence-corrected chi connectivity index (χ1v) is 12.4. The fourth-order valence-corrected chi connectivity index (χ4v) is 6.20. The highest BCUT2D eigenvalue weighted by Crippen LogP contribution is 2.62. The van der Waals surface area contributed by atoms with Crippen molar-refractivity contribution in [2.24, 2.45) is 22.7 Å². The van der Waals surface area contributed by atoms with Gasteiger partial charge in [-0.1, -0.05) is 32.4 Å². The Hall–Kier alpha value is -1.97. The average molecular weight is 468 g/mol. The van der Waals surface area contributed by atoms with Crippen LogP contribution in [0.25, 0.3) is 0 Å². The molecule has 0 aromatic rings. The molecule has 0 unspecified atom stereocenters. The molecule has 178 valence electrons. The summed E-state index contributed by atoms with van der Waals surface area (Å²) < 4.78 is 34.2. The van der Waals surface area contributed by atoms with Crippen LogP contribution in [0.2, 0.25) is 0 Å². The lowest BCUT2D eigenvalue weighted by Gasteiger charge is -2.58. The van der Waals surface area contributed by atoms with E-state index in [1.807, 2.05) is 0 Å². The van der Waals surface area contributed by atoms with Crippen molar-refractivity contribution in [3.05, 3.63) is 34.8 Å². The van der Waals surface area contributed by atoms with Gasteiger partial charge in [-0.25, -0.2) is 4.18 Å². The smallest absolute Gasteiger partial charge is 0.397 e. The quantitative estimate of drug-likeness (QED) is 0.171. The molecule has 0 bridgehead atoms. The molecule has 1 fully saturated rings. The van der Waals surface area contributed by atoms with Crippen LogP contribution in [0.3, 0.4) is 0 Å². The zero-order valence-corrected chi connectivity index (χ0v) is 19.9. The molecule has 0 saturated heterocycles. The van der Waals surface area contributed by atoms with Crippen LogP contribution >= 0.6 is 0 Å². The van der Waals surface area contributed by atoms with E-state index in [1.54, 1.807) is 0 Å². The normalized spacial score (nSPS) is 33.5. The van der Waals surface area contributed by atoms with E-state index < -0.39 is 28.6 Å². The SMILES string of the molecule is CC1=CCC[C@H]2[C@](C)(CC3=C(O)C(NCCOS(=O)(=O)O)=CC(=O)C3=O)[C@@H](C)CC[C@]12C. The van der Waals surface area contributed by atoms with Crippen LogP contribution in [0, 0.1) is 22.7 Å². The monoisotopic (exact) mass is 467 g/mol. The Morgan fingerprint density at radius 3 is 2.59 bits per heavy atom. The number of Topliss-reactive ketones (excluding diaryl/α,β-unsaturated/α-hetero) is 1. The summed E-state index contributed by atoms with van der Waals surface area (Å²) in [6.45, 7) is 8.32. The van der Waals surface area contributed by atoms with Crippen LogP contribution in [0.15, 0.2) is 34.8 Å². The number of carbonyl (C=O) groups is 2. The van der Waals surface area contributed by atoms with Gasteiger partial charge < -0.3 is 10.4 Å². The number of allylic oxidation sites excluding steroid dienone is 4. The van der Waals surface area contributed by atoms with Gasteiger partial charge in [0.05, 0.1) is 12.3 Å². The molecule has 0 spiro atoms. The maximum atomic E-state index is 12.8. The zero-order valence-electron chi connectivity index (χ0n) is 19.1. The van der Waals surface area contributed by atoms with E-state index in [0.29, 0.717) is 18.3 Å².